The molecule has 4 heterocycles. The fourth-order valence-corrected chi connectivity index (χ4v) is 4.43. The van der Waals surface area contributed by atoms with Gasteiger partial charge in [0.1, 0.15) is 5.82 Å². The number of nitrogens with zero attached hydrogens (tertiary/aromatic N) is 5. The third kappa shape index (κ3) is 4.88. The lowest BCUT2D eigenvalue weighted by Crippen LogP contribution is -2.46. The van der Waals surface area contributed by atoms with Gasteiger partial charge < -0.3 is 24.6 Å². The number of nitrogens with one attached hydrogen (secondary N) is 1. The predicted octanol–water partition coefficient (Wildman–Crippen LogP) is 1.95. The van der Waals surface area contributed by atoms with Crippen LogP contribution in [0.1, 0.15) is 24.8 Å². The number of likely N-dealkylation sites (tertiary alicyclic amines) is 1. The molecule has 1 aromatic heterocycles. The van der Waals surface area contributed by atoms with Gasteiger partial charge in [-0.3, -0.25) is 9.69 Å². The van der Waals surface area contributed by atoms with Crippen molar-refractivity contribution in [3.05, 3.63) is 36.0 Å². The number of amides is 1. The molecule has 0 unspecified atom stereocenters. The van der Waals surface area contributed by atoms with Crippen LogP contribution in [0.5, 0.6) is 11.5 Å². The molecule has 0 bridgehead atoms. The molecular weight excluding hydrogens is 408 g/mol. The molecule has 1 aromatic carbocycles. The molecule has 3 aliphatic rings. The number of benzene rings is 1. The Morgan fingerprint density at radius 3 is 2.75 bits per heavy atom. The molecule has 2 aromatic rings. The maximum Gasteiger partial charge on any atom is 0.231 e. The molecule has 9 nitrogen and oxygen atoms in total. The summed E-state index contributed by atoms with van der Waals surface area (Å²) in [4.78, 5) is 27.5. The van der Waals surface area contributed by atoms with Crippen LogP contribution < -0.4 is 19.7 Å². The van der Waals surface area contributed by atoms with Gasteiger partial charge in [0.25, 0.3) is 0 Å². The maximum atomic E-state index is 11.7. The number of fused-ring (bicyclic) bond motifs is 1. The second-order valence-electron chi connectivity index (χ2n) is 8.46. The van der Waals surface area contributed by atoms with E-state index in [9.17, 15) is 4.79 Å². The van der Waals surface area contributed by atoms with E-state index in [2.05, 4.69) is 32.2 Å². The Labute approximate surface area is 188 Å². The molecule has 0 radical (unpaired) electrons. The lowest BCUT2D eigenvalue weighted by molar-refractivity contribution is -0.127. The van der Waals surface area contributed by atoms with Gasteiger partial charge in [0.15, 0.2) is 11.5 Å². The van der Waals surface area contributed by atoms with Crippen molar-refractivity contribution >= 4 is 17.7 Å². The number of aromatic nitrogens is 2. The number of anilines is 2. The molecule has 2 saturated heterocycles. The number of carbonyl (C=O) groups excluding carboxylic acids is 1. The molecule has 0 saturated carbocycles. The van der Waals surface area contributed by atoms with Crippen molar-refractivity contribution in [1.29, 1.82) is 0 Å². The minimum Gasteiger partial charge on any atom is -0.454 e. The standard InChI is InChI=1S/C23H30N6O3/c30-22-3-1-9-28(22)10-2-7-24-21-6-8-25-23(26-21)29-13-11-27(12-14-29)16-18-4-5-19-20(15-18)32-17-31-19/h4-6,8,15H,1-3,7,9-14,16-17H2,(H,24,25,26). The number of hydrogen-bond donors (Lipinski definition) is 1. The molecule has 0 spiro atoms. The molecule has 170 valence electrons. The van der Waals surface area contributed by atoms with Gasteiger partial charge in [0.05, 0.1) is 0 Å². The summed E-state index contributed by atoms with van der Waals surface area (Å²) in [6.07, 6.45) is 4.43. The first-order chi connectivity index (χ1) is 15.7. The van der Waals surface area contributed by atoms with E-state index in [0.717, 1.165) is 88.5 Å². The number of piperazine rings is 1. The van der Waals surface area contributed by atoms with Crippen LogP contribution in [-0.4, -0.2) is 78.3 Å². The zero-order chi connectivity index (χ0) is 21.8. The van der Waals surface area contributed by atoms with Crippen LogP contribution in [0, 0.1) is 0 Å². The summed E-state index contributed by atoms with van der Waals surface area (Å²) in [5, 5.41) is 3.38. The Bertz CT molecular complexity index is 947. The van der Waals surface area contributed by atoms with Gasteiger partial charge in [-0.15, -0.1) is 0 Å². The molecule has 1 amide bonds. The molecule has 9 heteroatoms. The summed E-state index contributed by atoms with van der Waals surface area (Å²) in [6.45, 7) is 7.42. The number of rotatable bonds is 8. The SMILES string of the molecule is O=C1CCCN1CCCNc1ccnc(N2CCN(Cc3ccc4c(c3)OCO4)CC2)n1. The van der Waals surface area contributed by atoms with Gasteiger partial charge in [-0.1, -0.05) is 6.07 Å². The van der Waals surface area contributed by atoms with E-state index in [-0.39, 0.29) is 5.91 Å². The molecule has 5 rings (SSSR count). The Morgan fingerprint density at radius 2 is 1.91 bits per heavy atom. The van der Waals surface area contributed by atoms with Crippen LogP contribution in [0.25, 0.3) is 0 Å². The highest BCUT2D eigenvalue weighted by atomic mass is 16.7. The van der Waals surface area contributed by atoms with Crippen molar-refractivity contribution < 1.29 is 14.3 Å². The molecule has 1 N–H and O–H groups in total. The molecule has 32 heavy (non-hydrogen) atoms. The molecule has 0 aliphatic carbocycles. The van der Waals surface area contributed by atoms with Crippen molar-refractivity contribution in [1.82, 2.24) is 19.8 Å². The summed E-state index contributed by atoms with van der Waals surface area (Å²) >= 11 is 0. The van der Waals surface area contributed by atoms with Gasteiger partial charge in [-0.2, -0.15) is 4.98 Å². The van der Waals surface area contributed by atoms with E-state index in [1.165, 1.54) is 5.56 Å². The van der Waals surface area contributed by atoms with Crippen molar-refractivity contribution in [2.24, 2.45) is 0 Å². The maximum absolute atomic E-state index is 11.7. The molecule has 2 fully saturated rings. The fraction of sp³-hybridized carbons (Fsp3) is 0.522. The van der Waals surface area contributed by atoms with E-state index in [4.69, 9.17) is 14.5 Å². The number of hydrogen-bond acceptors (Lipinski definition) is 8. The Hall–Kier alpha value is -3.07. The molecular formula is C23H30N6O3. The number of carbonyl (C=O) groups is 1. The minimum absolute atomic E-state index is 0.284. The van der Waals surface area contributed by atoms with Gasteiger partial charge >= 0.3 is 0 Å². The summed E-state index contributed by atoms with van der Waals surface area (Å²) in [7, 11) is 0. The van der Waals surface area contributed by atoms with Crippen LogP contribution in [0.2, 0.25) is 0 Å². The first-order valence-corrected chi connectivity index (χ1v) is 11.5. The lowest BCUT2D eigenvalue weighted by Gasteiger charge is -2.34. The van der Waals surface area contributed by atoms with E-state index >= 15 is 0 Å². The highest BCUT2D eigenvalue weighted by Gasteiger charge is 2.21. The average Bonchev–Trinajstić information content (AvgIpc) is 3.46. The highest BCUT2D eigenvalue weighted by Crippen LogP contribution is 2.32. The summed E-state index contributed by atoms with van der Waals surface area (Å²) in [6, 6.07) is 8.08. The van der Waals surface area contributed by atoms with E-state index < -0.39 is 0 Å². The van der Waals surface area contributed by atoms with Crippen molar-refractivity contribution in [2.45, 2.75) is 25.8 Å². The van der Waals surface area contributed by atoms with Crippen molar-refractivity contribution in [3.8, 4) is 11.5 Å². The zero-order valence-electron chi connectivity index (χ0n) is 18.3. The van der Waals surface area contributed by atoms with Crippen LogP contribution in [0.4, 0.5) is 11.8 Å². The van der Waals surface area contributed by atoms with Crippen LogP contribution in [0.15, 0.2) is 30.5 Å². The summed E-state index contributed by atoms with van der Waals surface area (Å²) in [5.41, 5.74) is 1.24. The number of ether oxygens (including phenoxy) is 2. The predicted molar refractivity (Wildman–Crippen MR) is 121 cm³/mol. The van der Waals surface area contributed by atoms with Crippen molar-refractivity contribution in [3.63, 3.8) is 0 Å². The normalized spacial score (nSPS) is 18.4. The zero-order valence-corrected chi connectivity index (χ0v) is 18.3. The van der Waals surface area contributed by atoms with Gasteiger partial charge in [0.2, 0.25) is 18.6 Å². The monoisotopic (exact) mass is 438 g/mol. The first-order valence-electron chi connectivity index (χ1n) is 11.5. The third-order valence-electron chi connectivity index (χ3n) is 6.22. The fourth-order valence-electron chi connectivity index (χ4n) is 4.43. The van der Waals surface area contributed by atoms with Crippen LogP contribution >= 0.6 is 0 Å². The lowest BCUT2D eigenvalue weighted by atomic mass is 10.1. The second-order valence-corrected chi connectivity index (χ2v) is 8.46. The molecule has 0 atom stereocenters. The Morgan fingerprint density at radius 1 is 1.03 bits per heavy atom. The van der Waals surface area contributed by atoms with Gasteiger partial charge in [-0.25, -0.2) is 4.98 Å². The third-order valence-corrected chi connectivity index (χ3v) is 6.22. The second kappa shape index (κ2) is 9.60. The first kappa shape index (κ1) is 20.8. The molecule has 3 aliphatic heterocycles. The van der Waals surface area contributed by atoms with Crippen molar-refractivity contribution in [2.75, 3.05) is 62.8 Å². The largest absolute Gasteiger partial charge is 0.454 e. The average molecular weight is 439 g/mol. The van der Waals surface area contributed by atoms with E-state index in [1.54, 1.807) is 0 Å². The summed E-state index contributed by atoms with van der Waals surface area (Å²) in [5.74, 6) is 3.56. The van der Waals surface area contributed by atoms with Gasteiger partial charge in [0, 0.05) is 65.0 Å². The smallest absolute Gasteiger partial charge is 0.231 e. The topological polar surface area (TPSA) is 83.1 Å². The van der Waals surface area contributed by atoms with E-state index in [1.807, 2.05) is 23.2 Å². The van der Waals surface area contributed by atoms with Gasteiger partial charge in [-0.05, 0) is 36.6 Å². The van der Waals surface area contributed by atoms with E-state index in [0.29, 0.717) is 13.2 Å². The Kier molecular flexibility index (Phi) is 6.24. The highest BCUT2D eigenvalue weighted by molar-refractivity contribution is 5.78. The van der Waals surface area contributed by atoms with Crippen LogP contribution in [0.3, 0.4) is 0 Å². The Balaban J connectivity index is 1.08. The quantitative estimate of drug-likeness (QED) is 0.627. The minimum atomic E-state index is 0.284. The summed E-state index contributed by atoms with van der Waals surface area (Å²) < 4.78 is 10.9. The van der Waals surface area contributed by atoms with Crippen LogP contribution in [-0.2, 0) is 11.3 Å².